The second kappa shape index (κ2) is 7.28. The van der Waals surface area contributed by atoms with Gasteiger partial charge >= 0.3 is 0 Å². The van der Waals surface area contributed by atoms with Crippen molar-refractivity contribution in [2.45, 2.75) is 31.6 Å². The van der Waals surface area contributed by atoms with E-state index in [1.165, 1.54) is 0 Å². The van der Waals surface area contributed by atoms with Crippen LogP contribution in [0.2, 0.25) is 0 Å². The highest BCUT2D eigenvalue weighted by atomic mass is 16.5. The van der Waals surface area contributed by atoms with Gasteiger partial charge in [-0.3, -0.25) is 9.89 Å². The molecule has 1 aromatic carbocycles. The molecule has 3 rings (SSSR count). The number of carbonyl (C=O) groups is 1. The number of hydrogen-bond acceptors (Lipinski definition) is 4. The van der Waals surface area contributed by atoms with Crippen molar-refractivity contribution in [2.24, 2.45) is 0 Å². The maximum atomic E-state index is 12.0. The van der Waals surface area contributed by atoms with E-state index in [2.05, 4.69) is 15.5 Å². The minimum Gasteiger partial charge on any atom is -0.508 e. The fourth-order valence-corrected chi connectivity index (χ4v) is 2.74. The Hall–Kier alpha value is -2.34. The molecule has 23 heavy (non-hydrogen) atoms. The molecule has 0 saturated carbocycles. The SMILES string of the molecule is O=C(CCc1ccc(O)cc1)Nc1cc(C2CCOCC2)[nH]n1. The number of carbonyl (C=O) groups excluding carboxylic acids is 1. The summed E-state index contributed by atoms with van der Waals surface area (Å²) in [4.78, 5) is 12.0. The van der Waals surface area contributed by atoms with E-state index in [1.54, 1.807) is 12.1 Å². The predicted octanol–water partition coefficient (Wildman–Crippen LogP) is 2.58. The van der Waals surface area contributed by atoms with E-state index in [1.807, 2.05) is 18.2 Å². The first-order chi connectivity index (χ1) is 11.2. The van der Waals surface area contributed by atoms with Crippen LogP contribution in [0.15, 0.2) is 30.3 Å². The smallest absolute Gasteiger partial charge is 0.225 e. The van der Waals surface area contributed by atoms with Crippen molar-refractivity contribution in [3.05, 3.63) is 41.6 Å². The number of aromatic nitrogens is 2. The lowest BCUT2D eigenvalue weighted by atomic mass is 9.97. The number of anilines is 1. The average Bonchev–Trinajstić information content (AvgIpc) is 3.04. The van der Waals surface area contributed by atoms with Crippen LogP contribution in [-0.2, 0) is 16.0 Å². The number of aromatic amines is 1. The zero-order valence-corrected chi connectivity index (χ0v) is 12.9. The van der Waals surface area contributed by atoms with Crippen LogP contribution in [0.4, 0.5) is 5.82 Å². The Labute approximate surface area is 134 Å². The molecule has 0 radical (unpaired) electrons. The molecular weight excluding hydrogens is 294 g/mol. The molecule has 6 nitrogen and oxygen atoms in total. The van der Waals surface area contributed by atoms with Crippen LogP contribution in [-0.4, -0.2) is 34.4 Å². The molecule has 1 aromatic heterocycles. The second-order valence-electron chi connectivity index (χ2n) is 5.81. The molecule has 1 aliphatic rings. The number of nitrogens with zero attached hydrogens (tertiary/aromatic N) is 1. The molecule has 1 fully saturated rings. The summed E-state index contributed by atoms with van der Waals surface area (Å²) in [5.41, 5.74) is 2.07. The molecule has 0 bridgehead atoms. The Morgan fingerprint density at radius 3 is 2.78 bits per heavy atom. The molecule has 1 amide bonds. The topological polar surface area (TPSA) is 87.2 Å². The van der Waals surface area contributed by atoms with Gasteiger partial charge in [0.1, 0.15) is 5.75 Å². The number of hydrogen-bond donors (Lipinski definition) is 3. The fraction of sp³-hybridized carbons (Fsp3) is 0.412. The minimum absolute atomic E-state index is 0.0666. The standard InChI is InChI=1S/C17H21N3O3/c21-14-4-1-12(2-5-14)3-6-17(22)18-16-11-15(19-20-16)13-7-9-23-10-8-13/h1-2,4-5,11,13,21H,3,6-10H2,(H2,18,19,20,22). The molecule has 1 saturated heterocycles. The lowest BCUT2D eigenvalue weighted by molar-refractivity contribution is -0.116. The van der Waals surface area contributed by atoms with Crippen LogP contribution >= 0.6 is 0 Å². The summed E-state index contributed by atoms with van der Waals surface area (Å²) in [7, 11) is 0. The van der Waals surface area contributed by atoms with Gasteiger partial charge in [0, 0.05) is 37.3 Å². The molecule has 0 spiro atoms. The first-order valence-electron chi connectivity index (χ1n) is 7.91. The number of aromatic hydroxyl groups is 1. The van der Waals surface area contributed by atoms with Gasteiger partial charge in [0.05, 0.1) is 0 Å². The molecule has 2 aromatic rings. The van der Waals surface area contributed by atoms with Crippen LogP contribution in [0.25, 0.3) is 0 Å². The van der Waals surface area contributed by atoms with Crippen molar-refractivity contribution >= 4 is 11.7 Å². The summed E-state index contributed by atoms with van der Waals surface area (Å²) in [5.74, 6) is 1.17. The van der Waals surface area contributed by atoms with Gasteiger partial charge in [0.25, 0.3) is 0 Å². The Bertz CT molecular complexity index is 645. The average molecular weight is 315 g/mol. The van der Waals surface area contributed by atoms with Crippen molar-refractivity contribution in [1.29, 1.82) is 0 Å². The number of rotatable bonds is 5. The van der Waals surface area contributed by atoms with Gasteiger partial charge in [-0.2, -0.15) is 5.10 Å². The molecule has 0 unspecified atom stereocenters. The highest BCUT2D eigenvalue weighted by Gasteiger charge is 2.18. The monoisotopic (exact) mass is 315 g/mol. The van der Waals surface area contributed by atoms with E-state index in [4.69, 9.17) is 4.74 Å². The summed E-state index contributed by atoms with van der Waals surface area (Å²) in [6, 6.07) is 8.80. The lowest BCUT2D eigenvalue weighted by Gasteiger charge is -2.20. The number of phenols is 1. The van der Waals surface area contributed by atoms with Crippen molar-refractivity contribution in [1.82, 2.24) is 10.2 Å². The third kappa shape index (κ3) is 4.32. The molecular formula is C17H21N3O3. The molecule has 0 aliphatic carbocycles. The zero-order chi connectivity index (χ0) is 16.1. The number of benzene rings is 1. The van der Waals surface area contributed by atoms with E-state index in [0.717, 1.165) is 37.3 Å². The number of H-pyrrole nitrogens is 1. The minimum atomic E-state index is -0.0666. The number of amides is 1. The van der Waals surface area contributed by atoms with Crippen LogP contribution in [0.3, 0.4) is 0 Å². The van der Waals surface area contributed by atoms with Crippen molar-refractivity contribution < 1.29 is 14.6 Å². The van der Waals surface area contributed by atoms with Crippen LogP contribution < -0.4 is 5.32 Å². The van der Waals surface area contributed by atoms with E-state index >= 15 is 0 Å². The van der Waals surface area contributed by atoms with Gasteiger partial charge in [-0.05, 0) is 37.0 Å². The summed E-state index contributed by atoms with van der Waals surface area (Å²) in [6.07, 6.45) is 2.97. The quantitative estimate of drug-likeness (QED) is 0.791. The fourth-order valence-electron chi connectivity index (χ4n) is 2.74. The first-order valence-corrected chi connectivity index (χ1v) is 7.91. The summed E-state index contributed by atoms with van der Waals surface area (Å²) in [5, 5.41) is 19.2. The van der Waals surface area contributed by atoms with Gasteiger partial charge in [-0.25, -0.2) is 0 Å². The third-order valence-corrected chi connectivity index (χ3v) is 4.10. The normalized spacial score (nSPS) is 15.5. The number of aryl methyl sites for hydroxylation is 1. The molecule has 122 valence electrons. The third-order valence-electron chi connectivity index (χ3n) is 4.10. The second-order valence-corrected chi connectivity index (χ2v) is 5.81. The van der Waals surface area contributed by atoms with Gasteiger partial charge in [0.2, 0.25) is 5.91 Å². The number of phenolic OH excluding ortho intramolecular Hbond substituents is 1. The van der Waals surface area contributed by atoms with E-state index in [9.17, 15) is 9.90 Å². The molecule has 2 heterocycles. The molecule has 0 atom stereocenters. The van der Waals surface area contributed by atoms with Gasteiger partial charge in [-0.15, -0.1) is 0 Å². The van der Waals surface area contributed by atoms with Gasteiger partial charge in [-0.1, -0.05) is 12.1 Å². The van der Waals surface area contributed by atoms with Crippen LogP contribution in [0.1, 0.15) is 36.4 Å². The zero-order valence-electron chi connectivity index (χ0n) is 12.9. The Morgan fingerprint density at radius 1 is 1.30 bits per heavy atom. The molecule has 3 N–H and O–H groups in total. The highest BCUT2D eigenvalue weighted by molar-refractivity contribution is 5.89. The Kier molecular flexibility index (Phi) is 4.92. The summed E-state index contributed by atoms with van der Waals surface area (Å²) >= 11 is 0. The first kappa shape index (κ1) is 15.6. The van der Waals surface area contributed by atoms with E-state index in [0.29, 0.717) is 24.6 Å². The number of nitrogens with one attached hydrogen (secondary N) is 2. The predicted molar refractivity (Wildman–Crippen MR) is 86.4 cm³/mol. The maximum absolute atomic E-state index is 12.0. The van der Waals surface area contributed by atoms with Crippen LogP contribution in [0.5, 0.6) is 5.75 Å². The summed E-state index contributed by atoms with van der Waals surface area (Å²) in [6.45, 7) is 1.55. The highest BCUT2D eigenvalue weighted by Crippen LogP contribution is 2.26. The number of ether oxygens (including phenoxy) is 1. The van der Waals surface area contributed by atoms with Crippen molar-refractivity contribution in [3.63, 3.8) is 0 Å². The van der Waals surface area contributed by atoms with Gasteiger partial charge < -0.3 is 15.2 Å². The largest absolute Gasteiger partial charge is 0.508 e. The van der Waals surface area contributed by atoms with Gasteiger partial charge in [0.15, 0.2) is 5.82 Å². The van der Waals surface area contributed by atoms with E-state index < -0.39 is 0 Å². The summed E-state index contributed by atoms with van der Waals surface area (Å²) < 4.78 is 5.35. The van der Waals surface area contributed by atoms with Crippen molar-refractivity contribution in [3.8, 4) is 5.75 Å². The van der Waals surface area contributed by atoms with E-state index in [-0.39, 0.29) is 11.7 Å². The molecule has 1 aliphatic heterocycles. The Balaban J connectivity index is 1.49. The lowest BCUT2D eigenvalue weighted by Crippen LogP contribution is -2.14. The van der Waals surface area contributed by atoms with Crippen molar-refractivity contribution in [2.75, 3.05) is 18.5 Å². The Morgan fingerprint density at radius 2 is 2.04 bits per heavy atom. The van der Waals surface area contributed by atoms with Crippen LogP contribution in [0, 0.1) is 0 Å². The molecule has 6 heteroatoms. The maximum Gasteiger partial charge on any atom is 0.225 e.